The molecule has 0 aromatic heterocycles. The molecule has 1 aromatic carbocycles. The van der Waals surface area contributed by atoms with Crippen molar-refractivity contribution in [3.05, 3.63) is 28.7 Å². The zero-order chi connectivity index (χ0) is 13.9. The van der Waals surface area contributed by atoms with E-state index in [-0.39, 0.29) is 4.90 Å². The smallest absolute Gasteiger partial charge is 0.242 e. The summed E-state index contributed by atoms with van der Waals surface area (Å²) in [4.78, 5) is 0.266. The molecule has 1 aliphatic rings. The van der Waals surface area contributed by atoms with Crippen molar-refractivity contribution in [2.24, 2.45) is 0 Å². The van der Waals surface area contributed by atoms with Crippen molar-refractivity contribution in [3.8, 4) is 0 Å². The van der Waals surface area contributed by atoms with E-state index in [2.05, 4.69) is 36.6 Å². The molecule has 1 heterocycles. The van der Waals surface area contributed by atoms with Gasteiger partial charge in [-0.2, -0.15) is 0 Å². The van der Waals surface area contributed by atoms with Gasteiger partial charge in [0.05, 0.1) is 4.90 Å². The summed E-state index contributed by atoms with van der Waals surface area (Å²) < 4.78 is 33.7. The molecular formula is C12H15Br2NO3S. The number of rotatable bonds is 4. The van der Waals surface area contributed by atoms with Crippen molar-refractivity contribution in [1.82, 2.24) is 4.72 Å². The van der Waals surface area contributed by atoms with Crippen LogP contribution < -0.4 is 4.72 Å². The number of hydrogen-bond acceptors (Lipinski definition) is 3. The Kier molecular flexibility index (Phi) is 5.05. The molecule has 4 nitrogen and oxygen atoms in total. The second-order valence-electron chi connectivity index (χ2n) is 4.56. The van der Waals surface area contributed by atoms with Crippen LogP contribution in [0.5, 0.6) is 0 Å². The third-order valence-electron chi connectivity index (χ3n) is 3.18. The van der Waals surface area contributed by atoms with Crippen LogP contribution in [0.3, 0.4) is 0 Å². The normalized spacial score (nSPS) is 19.3. The van der Waals surface area contributed by atoms with Crippen LogP contribution >= 0.6 is 31.9 Å². The van der Waals surface area contributed by atoms with Crippen LogP contribution in [-0.4, -0.2) is 32.5 Å². The molecule has 0 saturated carbocycles. The van der Waals surface area contributed by atoms with Crippen LogP contribution in [0, 0.1) is 0 Å². The number of nitrogens with one attached hydrogen (secondary N) is 1. The molecule has 0 radical (unpaired) electrons. The van der Waals surface area contributed by atoms with Crippen molar-refractivity contribution in [2.45, 2.75) is 23.3 Å². The Morgan fingerprint density at radius 2 is 1.89 bits per heavy atom. The molecule has 1 saturated heterocycles. The van der Waals surface area contributed by atoms with Gasteiger partial charge in [0.15, 0.2) is 0 Å². The minimum absolute atomic E-state index is 0.266. The summed E-state index contributed by atoms with van der Waals surface area (Å²) in [5.41, 5.74) is -0.466. The first-order valence-corrected chi connectivity index (χ1v) is 9.31. The molecule has 0 amide bonds. The number of alkyl halides is 1. The van der Waals surface area contributed by atoms with Gasteiger partial charge in [0.1, 0.15) is 0 Å². The van der Waals surface area contributed by atoms with Gasteiger partial charge >= 0.3 is 0 Å². The Hall–Kier alpha value is 0.0500. The van der Waals surface area contributed by atoms with Crippen LogP contribution in [0.25, 0.3) is 0 Å². The molecule has 2 rings (SSSR count). The summed E-state index contributed by atoms with van der Waals surface area (Å²) in [6.45, 7) is 1.15. The minimum atomic E-state index is -3.54. The minimum Gasteiger partial charge on any atom is -0.381 e. The molecule has 1 aliphatic heterocycles. The number of benzene rings is 1. The van der Waals surface area contributed by atoms with Gasteiger partial charge in [-0.3, -0.25) is 0 Å². The molecule has 0 spiro atoms. The average molecular weight is 413 g/mol. The molecule has 0 aliphatic carbocycles. The summed E-state index contributed by atoms with van der Waals surface area (Å²) in [7, 11) is -3.54. The van der Waals surface area contributed by atoms with Crippen LogP contribution in [0.15, 0.2) is 33.6 Å². The fourth-order valence-corrected chi connectivity index (χ4v) is 5.38. The van der Waals surface area contributed by atoms with Crippen molar-refractivity contribution in [2.75, 3.05) is 18.5 Å². The van der Waals surface area contributed by atoms with Gasteiger partial charge in [0.2, 0.25) is 10.0 Å². The topological polar surface area (TPSA) is 55.4 Å². The first kappa shape index (κ1) is 15.4. The molecule has 1 aromatic rings. The summed E-state index contributed by atoms with van der Waals surface area (Å²) in [6, 6.07) is 6.81. The average Bonchev–Trinajstić information content (AvgIpc) is 2.39. The van der Waals surface area contributed by atoms with Gasteiger partial charge in [-0.05, 0) is 40.9 Å². The summed E-state index contributed by atoms with van der Waals surface area (Å²) in [5, 5.41) is 0.576. The van der Waals surface area contributed by atoms with Crippen molar-refractivity contribution in [1.29, 1.82) is 0 Å². The largest absolute Gasteiger partial charge is 0.381 e. The highest BCUT2D eigenvalue weighted by Gasteiger charge is 2.36. The first-order chi connectivity index (χ1) is 8.99. The highest BCUT2D eigenvalue weighted by Crippen LogP contribution is 2.28. The van der Waals surface area contributed by atoms with E-state index in [9.17, 15) is 8.42 Å². The molecule has 1 fully saturated rings. The maximum absolute atomic E-state index is 12.5. The quantitative estimate of drug-likeness (QED) is 0.773. The van der Waals surface area contributed by atoms with Gasteiger partial charge < -0.3 is 4.74 Å². The summed E-state index contributed by atoms with van der Waals surface area (Å²) >= 11 is 6.70. The lowest BCUT2D eigenvalue weighted by molar-refractivity contribution is 0.0557. The lowest BCUT2D eigenvalue weighted by Gasteiger charge is -2.36. The molecule has 7 heteroatoms. The Morgan fingerprint density at radius 3 is 2.47 bits per heavy atom. The van der Waals surface area contributed by atoms with Crippen LogP contribution in [0.2, 0.25) is 0 Å². The molecule has 0 atom stereocenters. The molecule has 0 bridgehead atoms. The fraction of sp³-hybridized carbons (Fsp3) is 0.500. The number of halogens is 2. The number of sulfonamides is 1. The van der Waals surface area contributed by atoms with E-state index >= 15 is 0 Å². The van der Waals surface area contributed by atoms with E-state index in [0.717, 1.165) is 0 Å². The Morgan fingerprint density at radius 1 is 1.26 bits per heavy atom. The highest BCUT2D eigenvalue weighted by atomic mass is 79.9. The van der Waals surface area contributed by atoms with E-state index in [1.807, 2.05) is 0 Å². The monoisotopic (exact) mass is 411 g/mol. The molecule has 0 unspecified atom stereocenters. The standard InChI is InChI=1S/C12H15Br2NO3S/c13-9-12(5-7-18-8-6-12)15-19(16,17)11-4-2-1-3-10(11)14/h1-4,15H,5-9H2. The maximum Gasteiger partial charge on any atom is 0.242 e. The van der Waals surface area contributed by atoms with Crippen LogP contribution in [0.1, 0.15) is 12.8 Å². The second kappa shape index (κ2) is 6.22. The molecule has 106 valence electrons. The zero-order valence-electron chi connectivity index (χ0n) is 10.2. The molecular weight excluding hydrogens is 398 g/mol. The summed E-state index contributed by atoms with van der Waals surface area (Å²) in [6.07, 6.45) is 1.34. The molecule has 1 N–H and O–H groups in total. The van der Waals surface area contributed by atoms with E-state index in [4.69, 9.17) is 4.74 Å². The molecule has 19 heavy (non-hydrogen) atoms. The Balaban J connectivity index is 2.28. The predicted molar refractivity (Wildman–Crippen MR) is 81.0 cm³/mol. The van der Waals surface area contributed by atoms with Crippen molar-refractivity contribution >= 4 is 41.9 Å². The van der Waals surface area contributed by atoms with Crippen LogP contribution in [-0.2, 0) is 14.8 Å². The Labute approximate surface area is 130 Å². The maximum atomic E-state index is 12.5. The van der Waals surface area contributed by atoms with Crippen molar-refractivity contribution in [3.63, 3.8) is 0 Å². The van der Waals surface area contributed by atoms with Crippen LogP contribution in [0.4, 0.5) is 0 Å². The van der Waals surface area contributed by atoms with E-state index in [0.29, 0.717) is 35.9 Å². The first-order valence-electron chi connectivity index (χ1n) is 5.91. The summed E-state index contributed by atoms with van der Waals surface area (Å²) in [5.74, 6) is 0. The number of hydrogen-bond donors (Lipinski definition) is 1. The van der Waals surface area contributed by atoms with Gasteiger partial charge in [0, 0.05) is 28.6 Å². The Bertz CT molecular complexity index is 542. The van der Waals surface area contributed by atoms with E-state index < -0.39 is 15.6 Å². The van der Waals surface area contributed by atoms with Crippen molar-refractivity contribution < 1.29 is 13.2 Å². The van der Waals surface area contributed by atoms with Gasteiger partial charge in [-0.25, -0.2) is 13.1 Å². The van der Waals surface area contributed by atoms with Gasteiger partial charge in [0.25, 0.3) is 0 Å². The number of ether oxygens (including phenoxy) is 1. The van der Waals surface area contributed by atoms with Gasteiger partial charge in [-0.1, -0.05) is 28.1 Å². The lowest BCUT2D eigenvalue weighted by Crippen LogP contribution is -2.53. The SMILES string of the molecule is O=S(=O)(NC1(CBr)CCOCC1)c1ccccc1Br. The lowest BCUT2D eigenvalue weighted by atomic mass is 9.94. The van der Waals surface area contributed by atoms with E-state index in [1.165, 1.54) is 0 Å². The second-order valence-corrected chi connectivity index (χ2v) is 7.63. The third kappa shape index (κ3) is 3.58. The van der Waals surface area contributed by atoms with Gasteiger partial charge in [-0.15, -0.1) is 0 Å². The fourth-order valence-electron chi connectivity index (χ4n) is 2.03. The third-order valence-corrected chi connectivity index (χ3v) is 6.85. The predicted octanol–water partition coefficient (Wildman–Crippen LogP) is 2.67. The zero-order valence-corrected chi connectivity index (χ0v) is 14.2. The van der Waals surface area contributed by atoms with E-state index in [1.54, 1.807) is 24.3 Å². The highest BCUT2D eigenvalue weighted by molar-refractivity contribution is 9.10.